The van der Waals surface area contributed by atoms with E-state index in [-0.39, 0.29) is 17.0 Å². The van der Waals surface area contributed by atoms with Crippen molar-refractivity contribution in [2.24, 2.45) is 7.05 Å². The summed E-state index contributed by atoms with van der Waals surface area (Å²) in [6, 6.07) is 3.21. The maximum atomic E-state index is 13.9. The molecular weight excluding hydrogens is 468 g/mol. The number of anilines is 1. The number of nitrogens with one attached hydrogen (secondary N) is 2. The third-order valence-electron chi connectivity index (χ3n) is 6.89. The average Bonchev–Trinajstić information content (AvgIpc) is 3.20. The topological polar surface area (TPSA) is 119 Å². The van der Waals surface area contributed by atoms with Crippen molar-refractivity contribution in [3.63, 3.8) is 0 Å². The maximum absolute atomic E-state index is 13.9. The van der Waals surface area contributed by atoms with Crippen molar-refractivity contribution in [3.8, 4) is 0 Å². The number of aryl methyl sites for hydroxylation is 1. The first kappa shape index (κ1) is 22.3. The Morgan fingerprint density at radius 1 is 1.20 bits per heavy atom. The summed E-state index contributed by atoms with van der Waals surface area (Å²) in [7, 11) is -1.99. The standard InChI is InChI=1S/C23H28N8O3S/c1-23(3-4-23)27-35(33,34)17-11-18-20(19(12-17)29-8-5-24-6-9-29)30-10-7-25-22(30)31(21(18)32)15-16-13-26-28(2)14-16/h7,10-14,24,27H,3-6,8-9,15H2,1-2H3. The highest BCUT2D eigenvalue weighted by molar-refractivity contribution is 7.89. The number of aromatic nitrogens is 5. The van der Waals surface area contributed by atoms with Gasteiger partial charge in [0.15, 0.2) is 0 Å². The van der Waals surface area contributed by atoms with Crippen LogP contribution in [0.1, 0.15) is 25.3 Å². The van der Waals surface area contributed by atoms with E-state index in [1.165, 1.54) is 6.07 Å². The molecule has 11 nitrogen and oxygen atoms in total. The van der Waals surface area contributed by atoms with Crippen molar-refractivity contribution in [1.29, 1.82) is 0 Å². The third kappa shape index (κ3) is 3.91. The number of imidazole rings is 1. The predicted molar refractivity (Wildman–Crippen MR) is 132 cm³/mol. The molecule has 12 heteroatoms. The van der Waals surface area contributed by atoms with E-state index in [9.17, 15) is 13.2 Å². The van der Waals surface area contributed by atoms with Crippen LogP contribution in [0, 0.1) is 0 Å². The van der Waals surface area contributed by atoms with Gasteiger partial charge in [-0.25, -0.2) is 18.1 Å². The molecule has 0 bridgehead atoms. The van der Waals surface area contributed by atoms with Gasteiger partial charge in [0.1, 0.15) is 0 Å². The van der Waals surface area contributed by atoms with E-state index in [1.807, 2.05) is 30.8 Å². The lowest BCUT2D eigenvalue weighted by Gasteiger charge is -2.31. The molecule has 1 saturated carbocycles. The highest BCUT2D eigenvalue weighted by Gasteiger charge is 2.41. The lowest BCUT2D eigenvalue weighted by atomic mass is 10.1. The first-order chi connectivity index (χ1) is 16.7. The number of hydrogen-bond acceptors (Lipinski definition) is 7. The van der Waals surface area contributed by atoms with Gasteiger partial charge in [-0.05, 0) is 31.9 Å². The molecule has 2 N–H and O–H groups in total. The fraction of sp³-hybridized carbons (Fsp3) is 0.435. The summed E-state index contributed by atoms with van der Waals surface area (Å²) in [5.74, 6) is 0.502. The number of hydrogen-bond donors (Lipinski definition) is 2. The molecule has 0 amide bonds. The molecule has 0 radical (unpaired) electrons. The molecule has 1 aliphatic carbocycles. The van der Waals surface area contributed by atoms with Crippen LogP contribution in [0.3, 0.4) is 0 Å². The minimum absolute atomic E-state index is 0.108. The Morgan fingerprint density at radius 2 is 1.97 bits per heavy atom. The monoisotopic (exact) mass is 496 g/mol. The van der Waals surface area contributed by atoms with E-state index in [1.54, 1.807) is 27.7 Å². The third-order valence-corrected chi connectivity index (χ3v) is 8.51. The van der Waals surface area contributed by atoms with Gasteiger partial charge < -0.3 is 10.2 Å². The second-order valence-electron chi connectivity index (χ2n) is 9.75. The van der Waals surface area contributed by atoms with Gasteiger partial charge in [-0.3, -0.25) is 18.4 Å². The normalized spacial score (nSPS) is 17.9. The van der Waals surface area contributed by atoms with Crippen molar-refractivity contribution in [1.82, 2.24) is 33.8 Å². The molecule has 35 heavy (non-hydrogen) atoms. The summed E-state index contributed by atoms with van der Waals surface area (Å²) in [5, 5.41) is 7.89. The minimum atomic E-state index is -3.81. The average molecular weight is 497 g/mol. The van der Waals surface area contributed by atoms with Crippen LogP contribution in [0.4, 0.5) is 5.69 Å². The van der Waals surface area contributed by atoms with E-state index < -0.39 is 15.6 Å². The molecule has 2 aliphatic rings. The number of sulfonamides is 1. The van der Waals surface area contributed by atoms with Crippen LogP contribution in [0.15, 0.2) is 46.6 Å². The van der Waals surface area contributed by atoms with Crippen LogP contribution in [0.5, 0.6) is 0 Å². The van der Waals surface area contributed by atoms with Crippen LogP contribution >= 0.6 is 0 Å². The highest BCUT2D eigenvalue weighted by atomic mass is 32.2. The van der Waals surface area contributed by atoms with Gasteiger partial charge in [-0.15, -0.1) is 0 Å². The fourth-order valence-corrected chi connectivity index (χ4v) is 6.28. The molecule has 6 rings (SSSR count). The summed E-state index contributed by atoms with van der Waals surface area (Å²) in [5.41, 5.74) is 1.54. The lowest BCUT2D eigenvalue weighted by molar-refractivity contribution is 0.558. The first-order valence-corrected chi connectivity index (χ1v) is 13.2. The molecule has 1 saturated heterocycles. The van der Waals surface area contributed by atoms with Crippen molar-refractivity contribution >= 4 is 32.4 Å². The van der Waals surface area contributed by atoms with Crippen molar-refractivity contribution in [2.45, 2.75) is 36.7 Å². The number of rotatable bonds is 6. The first-order valence-electron chi connectivity index (χ1n) is 11.7. The Hall–Kier alpha value is -3.22. The summed E-state index contributed by atoms with van der Waals surface area (Å²) in [6.45, 7) is 5.15. The van der Waals surface area contributed by atoms with Gasteiger partial charge >= 0.3 is 0 Å². The summed E-state index contributed by atoms with van der Waals surface area (Å²) in [6.07, 6.45) is 8.65. The summed E-state index contributed by atoms with van der Waals surface area (Å²) in [4.78, 5) is 20.6. The van der Waals surface area contributed by atoms with Crippen LogP contribution in [-0.2, 0) is 23.6 Å². The molecule has 0 atom stereocenters. The van der Waals surface area contributed by atoms with Crippen molar-refractivity contribution < 1.29 is 8.42 Å². The molecule has 4 heterocycles. The quantitative estimate of drug-likeness (QED) is 0.403. The Kier molecular flexibility index (Phi) is 5.02. The van der Waals surface area contributed by atoms with Crippen LogP contribution in [0.2, 0.25) is 0 Å². The van der Waals surface area contributed by atoms with E-state index in [4.69, 9.17) is 0 Å². The Bertz CT molecular complexity index is 1610. The number of piperazine rings is 1. The van der Waals surface area contributed by atoms with Crippen molar-refractivity contribution in [2.75, 3.05) is 31.1 Å². The van der Waals surface area contributed by atoms with Crippen LogP contribution in [0.25, 0.3) is 16.7 Å². The van der Waals surface area contributed by atoms with Gasteiger partial charge in [0.25, 0.3) is 5.56 Å². The van der Waals surface area contributed by atoms with Crippen LogP contribution in [-0.4, -0.2) is 63.9 Å². The van der Waals surface area contributed by atoms with E-state index in [0.717, 1.165) is 37.2 Å². The van der Waals surface area contributed by atoms with Gasteiger partial charge in [0, 0.05) is 62.9 Å². The molecule has 4 aromatic rings. The second kappa shape index (κ2) is 7.90. The molecule has 0 unspecified atom stereocenters. The molecule has 1 aliphatic heterocycles. The fourth-order valence-electron chi connectivity index (χ4n) is 4.77. The molecule has 0 spiro atoms. The van der Waals surface area contributed by atoms with Gasteiger partial charge in [0.05, 0.1) is 34.2 Å². The largest absolute Gasteiger partial charge is 0.367 e. The van der Waals surface area contributed by atoms with E-state index >= 15 is 0 Å². The predicted octanol–water partition coefficient (Wildman–Crippen LogP) is 0.671. The lowest BCUT2D eigenvalue weighted by Crippen LogP contribution is -2.44. The SMILES string of the molecule is Cn1cc(Cn2c(=O)c3cc(S(=O)(=O)NC4(C)CC4)cc(N4CCNCC4)c3n3ccnc23)cn1. The van der Waals surface area contributed by atoms with Gasteiger partial charge in [-0.1, -0.05) is 0 Å². The maximum Gasteiger partial charge on any atom is 0.263 e. The van der Waals surface area contributed by atoms with Crippen molar-refractivity contribution in [3.05, 3.63) is 52.8 Å². The summed E-state index contributed by atoms with van der Waals surface area (Å²) < 4.78 is 34.8. The van der Waals surface area contributed by atoms with E-state index in [2.05, 4.69) is 25.0 Å². The molecule has 2 fully saturated rings. The molecular formula is C23H28N8O3S. The van der Waals surface area contributed by atoms with Gasteiger partial charge in [-0.2, -0.15) is 5.10 Å². The number of fused-ring (bicyclic) bond motifs is 3. The van der Waals surface area contributed by atoms with Crippen LogP contribution < -0.4 is 20.5 Å². The Balaban J connectivity index is 1.62. The van der Waals surface area contributed by atoms with Gasteiger partial charge in [0.2, 0.25) is 15.8 Å². The highest BCUT2D eigenvalue weighted by Crippen LogP contribution is 2.37. The molecule has 184 valence electrons. The number of nitrogens with zero attached hydrogens (tertiary/aromatic N) is 6. The smallest absolute Gasteiger partial charge is 0.263 e. The molecule has 3 aromatic heterocycles. The zero-order valence-electron chi connectivity index (χ0n) is 19.7. The second-order valence-corrected chi connectivity index (χ2v) is 11.4. The Labute approximate surface area is 202 Å². The molecule has 1 aromatic carbocycles. The minimum Gasteiger partial charge on any atom is -0.367 e. The zero-order chi connectivity index (χ0) is 24.4. The number of benzene rings is 1. The van der Waals surface area contributed by atoms with E-state index in [0.29, 0.717) is 29.8 Å². The Morgan fingerprint density at radius 3 is 2.66 bits per heavy atom. The zero-order valence-corrected chi connectivity index (χ0v) is 20.5. The summed E-state index contributed by atoms with van der Waals surface area (Å²) >= 11 is 0.